The Kier molecular flexibility index (Phi) is 11.4. The maximum absolute atomic E-state index is 13.6. The molecule has 12 nitrogen and oxygen atoms in total. The first-order chi connectivity index (χ1) is 16.8. The second kappa shape index (κ2) is 13.7. The molecule has 1 aromatic carbocycles. The van der Waals surface area contributed by atoms with Crippen LogP contribution in [0.4, 0.5) is 4.79 Å². The summed E-state index contributed by atoms with van der Waals surface area (Å²) in [5.41, 5.74) is 5.51. The molecule has 0 heterocycles. The predicted octanol–water partition coefficient (Wildman–Crippen LogP) is 0.836. The first-order valence-electron chi connectivity index (χ1n) is 11.2. The van der Waals surface area contributed by atoms with Crippen molar-refractivity contribution in [1.29, 1.82) is 5.26 Å². The minimum absolute atomic E-state index is 0.195. The molecule has 0 fully saturated rings. The predicted molar refractivity (Wildman–Crippen MR) is 128 cm³/mol. The van der Waals surface area contributed by atoms with Crippen molar-refractivity contribution in [2.45, 2.75) is 58.2 Å². The Balaban J connectivity index is 3.43. The van der Waals surface area contributed by atoms with Gasteiger partial charge < -0.3 is 30.7 Å². The van der Waals surface area contributed by atoms with Crippen molar-refractivity contribution in [2.24, 2.45) is 5.73 Å². The number of alkyl carbamates (subject to hydrolysis) is 1. The number of primary amides is 1. The maximum atomic E-state index is 13.6. The molecule has 4 amide bonds. The number of nitrogens with zero attached hydrogens (tertiary/aromatic N) is 2. The Morgan fingerprint density at radius 2 is 1.86 bits per heavy atom. The van der Waals surface area contributed by atoms with E-state index in [4.69, 9.17) is 10.5 Å². The van der Waals surface area contributed by atoms with Crippen LogP contribution >= 0.6 is 0 Å². The summed E-state index contributed by atoms with van der Waals surface area (Å²) in [6.07, 6.45) is -1.37. The lowest BCUT2D eigenvalue weighted by Crippen LogP contribution is -2.53. The molecule has 1 rings (SSSR count). The molecule has 0 aliphatic heterocycles. The van der Waals surface area contributed by atoms with Crippen LogP contribution in [0.5, 0.6) is 0 Å². The van der Waals surface area contributed by atoms with Crippen LogP contribution in [0.2, 0.25) is 0 Å². The van der Waals surface area contributed by atoms with Gasteiger partial charge in [-0.05, 0) is 39.7 Å². The highest BCUT2D eigenvalue weighted by atomic mass is 16.6. The molecule has 196 valence electrons. The van der Waals surface area contributed by atoms with E-state index in [0.717, 1.165) is 17.6 Å². The van der Waals surface area contributed by atoms with Gasteiger partial charge in [-0.25, -0.2) is 4.79 Å². The van der Waals surface area contributed by atoms with Crippen LogP contribution in [-0.4, -0.2) is 66.5 Å². The fourth-order valence-electron chi connectivity index (χ4n) is 3.21. The maximum Gasteiger partial charge on any atom is 0.408 e. The standard InChI is InChI=1S/C24H33N5O7/c1-15-7-6-8-16(13-15)20(21(32)27-14-19(31)35-5)29(12-11-25)22(33)17(9-10-18(26)30)28-23(34)36-24(2,3)4/h6-8,13,17,20H,9-10,12,14H2,1-5H3,(H2,26,30)(H,27,32)(H,28,34). The second-order valence-electron chi connectivity index (χ2n) is 8.94. The quantitative estimate of drug-likeness (QED) is 0.293. The van der Waals surface area contributed by atoms with Gasteiger partial charge in [0.2, 0.25) is 17.7 Å². The summed E-state index contributed by atoms with van der Waals surface area (Å²) in [4.78, 5) is 63.2. The van der Waals surface area contributed by atoms with E-state index in [-0.39, 0.29) is 12.8 Å². The zero-order chi connectivity index (χ0) is 27.5. The average Bonchev–Trinajstić information content (AvgIpc) is 2.78. The number of methoxy groups -OCH3 is 1. The summed E-state index contributed by atoms with van der Waals surface area (Å²) in [6, 6.07) is 5.88. The number of hydrogen-bond acceptors (Lipinski definition) is 8. The zero-order valence-corrected chi connectivity index (χ0v) is 21.1. The third-order valence-corrected chi connectivity index (χ3v) is 4.75. The van der Waals surface area contributed by atoms with Crippen LogP contribution in [0.15, 0.2) is 24.3 Å². The van der Waals surface area contributed by atoms with Gasteiger partial charge in [-0.2, -0.15) is 5.26 Å². The van der Waals surface area contributed by atoms with E-state index in [1.807, 2.05) is 6.07 Å². The monoisotopic (exact) mass is 503 g/mol. The van der Waals surface area contributed by atoms with E-state index < -0.39 is 60.6 Å². The number of nitriles is 1. The van der Waals surface area contributed by atoms with Crippen LogP contribution < -0.4 is 16.4 Å². The zero-order valence-electron chi connectivity index (χ0n) is 21.1. The number of benzene rings is 1. The topological polar surface area (TPSA) is 181 Å². The highest BCUT2D eigenvalue weighted by Gasteiger charge is 2.36. The summed E-state index contributed by atoms with van der Waals surface area (Å²) < 4.78 is 9.76. The normalized spacial score (nSPS) is 12.3. The molecule has 2 unspecified atom stereocenters. The molecule has 0 saturated carbocycles. The molecule has 0 aliphatic carbocycles. The van der Waals surface area contributed by atoms with E-state index in [0.29, 0.717) is 5.56 Å². The summed E-state index contributed by atoms with van der Waals surface area (Å²) in [5.74, 6) is -2.99. The molecular formula is C24H33N5O7. The Labute approximate surface area is 210 Å². The van der Waals surface area contributed by atoms with E-state index in [1.165, 1.54) is 0 Å². The molecule has 36 heavy (non-hydrogen) atoms. The van der Waals surface area contributed by atoms with Gasteiger partial charge in [0.15, 0.2) is 0 Å². The third kappa shape index (κ3) is 10.0. The van der Waals surface area contributed by atoms with Crippen LogP contribution in [0, 0.1) is 18.3 Å². The van der Waals surface area contributed by atoms with Gasteiger partial charge in [-0.1, -0.05) is 29.8 Å². The van der Waals surface area contributed by atoms with Gasteiger partial charge in [0.1, 0.15) is 30.8 Å². The number of esters is 1. The molecule has 0 spiro atoms. The number of rotatable bonds is 11. The highest BCUT2D eigenvalue weighted by molar-refractivity contribution is 5.93. The minimum atomic E-state index is -1.33. The minimum Gasteiger partial charge on any atom is -0.468 e. The lowest BCUT2D eigenvalue weighted by Gasteiger charge is -2.33. The number of ether oxygens (including phenoxy) is 2. The molecular weight excluding hydrogens is 470 g/mol. The molecule has 4 N–H and O–H groups in total. The van der Waals surface area contributed by atoms with Gasteiger partial charge in [-0.15, -0.1) is 0 Å². The fourth-order valence-corrected chi connectivity index (χ4v) is 3.21. The number of carbonyl (C=O) groups is 5. The SMILES string of the molecule is COC(=O)CNC(=O)C(c1cccc(C)c1)N(CC#N)C(=O)C(CCC(N)=O)NC(=O)OC(C)(C)C. The molecule has 0 bridgehead atoms. The Morgan fingerprint density at radius 3 is 2.39 bits per heavy atom. The number of carbonyl (C=O) groups excluding carboxylic acids is 5. The van der Waals surface area contributed by atoms with Crippen LogP contribution in [-0.2, 0) is 28.7 Å². The van der Waals surface area contributed by atoms with Crippen molar-refractivity contribution in [3.8, 4) is 6.07 Å². The number of nitrogens with two attached hydrogens (primary N) is 1. The molecule has 0 saturated heterocycles. The molecule has 0 aromatic heterocycles. The van der Waals surface area contributed by atoms with Gasteiger partial charge in [0.25, 0.3) is 0 Å². The lowest BCUT2D eigenvalue weighted by atomic mass is 10.00. The number of hydrogen-bond donors (Lipinski definition) is 3. The van der Waals surface area contributed by atoms with Gasteiger partial charge in [0, 0.05) is 6.42 Å². The molecule has 12 heteroatoms. The van der Waals surface area contributed by atoms with Crippen molar-refractivity contribution in [2.75, 3.05) is 20.2 Å². The summed E-state index contributed by atoms with van der Waals surface area (Å²) in [5, 5.41) is 14.3. The number of aryl methyl sites for hydroxylation is 1. The smallest absolute Gasteiger partial charge is 0.408 e. The first-order valence-corrected chi connectivity index (χ1v) is 11.2. The Morgan fingerprint density at radius 1 is 1.19 bits per heavy atom. The van der Waals surface area contributed by atoms with Crippen molar-refractivity contribution >= 4 is 29.8 Å². The van der Waals surface area contributed by atoms with Crippen molar-refractivity contribution in [3.05, 3.63) is 35.4 Å². The highest BCUT2D eigenvalue weighted by Crippen LogP contribution is 2.24. The summed E-state index contributed by atoms with van der Waals surface area (Å²) >= 11 is 0. The van der Waals surface area contributed by atoms with Gasteiger partial charge in [-0.3, -0.25) is 19.2 Å². The van der Waals surface area contributed by atoms with E-state index in [2.05, 4.69) is 15.4 Å². The molecule has 2 atom stereocenters. The van der Waals surface area contributed by atoms with E-state index in [9.17, 15) is 29.2 Å². The number of nitrogens with one attached hydrogen (secondary N) is 2. The lowest BCUT2D eigenvalue weighted by molar-refractivity contribution is -0.144. The van der Waals surface area contributed by atoms with E-state index >= 15 is 0 Å². The first kappa shape index (κ1) is 29.9. The van der Waals surface area contributed by atoms with Crippen molar-refractivity contribution in [3.63, 3.8) is 0 Å². The van der Waals surface area contributed by atoms with Gasteiger partial charge in [0.05, 0.1) is 13.2 Å². The summed E-state index contributed by atoms with van der Waals surface area (Å²) in [6.45, 7) is 5.68. The Hall–Kier alpha value is -4.14. The summed E-state index contributed by atoms with van der Waals surface area (Å²) in [7, 11) is 1.16. The largest absolute Gasteiger partial charge is 0.468 e. The van der Waals surface area contributed by atoms with Crippen molar-refractivity contribution in [1.82, 2.24) is 15.5 Å². The molecule has 0 aliphatic rings. The Bertz CT molecular complexity index is 1010. The van der Waals surface area contributed by atoms with Crippen LogP contribution in [0.3, 0.4) is 0 Å². The fraction of sp³-hybridized carbons (Fsp3) is 0.500. The van der Waals surface area contributed by atoms with Gasteiger partial charge >= 0.3 is 12.1 Å². The van der Waals surface area contributed by atoms with Crippen molar-refractivity contribution < 1.29 is 33.4 Å². The average molecular weight is 504 g/mol. The molecule has 1 aromatic rings. The third-order valence-electron chi connectivity index (χ3n) is 4.75. The number of amides is 4. The second-order valence-corrected chi connectivity index (χ2v) is 8.94. The van der Waals surface area contributed by atoms with Crippen LogP contribution in [0.25, 0.3) is 0 Å². The van der Waals surface area contributed by atoms with Crippen LogP contribution in [0.1, 0.15) is 50.8 Å². The molecule has 0 radical (unpaired) electrons. The van der Waals surface area contributed by atoms with E-state index in [1.54, 1.807) is 52.0 Å².